The van der Waals surface area contributed by atoms with Crippen LogP contribution < -0.4 is 5.32 Å². The number of amides is 1. The van der Waals surface area contributed by atoms with Crippen molar-refractivity contribution in [1.29, 1.82) is 0 Å². The molecule has 0 aliphatic rings. The molecule has 0 saturated carbocycles. The molecule has 8 heteroatoms. The summed E-state index contributed by atoms with van der Waals surface area (Å²) < 4.78 is 6.45. The summed E-state index contributed by atoms with van der Waals surface area (Å²) in [5.41, 5.74) is 1.05. The van der Waals surface area contributed by atoms with Crippen LogP contribution in [-0.2, 0) is 4.74 Å². The average molecular weight is 337 g/mol. The largest absolute Gasteiger partial charge is 0.462 e. The zero-order chi connectivity index (χ0) is 17.6. The first-order valence-electron chi connectivity index (χ1n) is 7.57. The third-order valence-electron chi connectivity index (χ3n) is 3.33. The number of hydrogen-bond acceptors (Lipinski definition) is 6. The van der Waals surface area contributed by atoms with Crippen molar-refractivity contribution in [3.8, 4) is 5.82 Å². The molecule has 0 fully saturated rings. The first-order valence-corrected chi connectivity index (χ1v) is 7.57. The van der Waals surface area contributed by atoms with Gasteiger partial charge in [-0.05, 0) is 31.2 Å². The van der Waals surface area contributed by atoms with E-state index in [1.807, 2.05) is 0 Å². The second-order valence-electron chi connectivity index (χ2n) is 4.96. The molecule has 0 aliphatic carbocycles. The quantitative estimate of drug-likeness (QED) is 0.716. The van der Waals surface area contributed by atoms with E-state index in [0.717, 1.165) is 0 Å². The van der Waals surface area contributed by atoms with Gasteiger partial charge in [-0.1, -0.05) is 12.1 Å². The van der Waals surface area contributed by atoms with Crippen molar-refractivity contribution in [2.45, 2.75) is 6.92 Å². The van der Waals surface area contributed by atoms with Crippen molar-refractivity contribution < 1.29 is 14.3 Å². The molecule has 1 aromatic carbocycles. The number of esters is 1. The van der Waals surface area contributed by atoms with Crippen LogP contribution in [0.5, 0.6) is 0 Å². The van der Waals surface area contributed by atoms with E-state index in [4.69, 9.17) is 4.74 Å². The Bertz CT molecular complexity index is 893. The van der Waals surface area contributed by atoms with Gasteiger partial charge in [0.2, 0.25) is 0 Å². The minimum Gasteiger partial charge on any atom is -0.462 e. The average Bonchev–Trinajstić information content (AvgIpc) is 3.17. The summed E-state index contributed by atoms with van der Waals surface area (Å²) in [6.07, 6.45) is 4.37. The Morgan fingerprint density at radius 3 is 2.84 bits per heavy atom. The first-order chi connectivity index (χ1) is 12.2. The normalized spacial score (nSPS) is 10.3. The molecule has 0 spiro atoms. The van der Waals surface area contributed by atoms with Crippen molar-refractivity contribution in [1.82, 2.24) is 19.7 Å². The molecular formula is C17H15N5O3. The molecule has 0 unspecified atom stereocenters. The van der Waals surface area contributed by atoms with Gasteiger partial charge in [-0.2, -0.15) is 5.10 Å². The van der Waals surface area contributed by atoms with Crippen LogP contribution in [0, 0.1) is 0 Å². The Morgan fingerprint density at radius 2 is 2.08 bits per heavy atom. The van der Waals surface area contributed by atoms with Crippen LogP contribution in [0.3, 0.4) is 0 Å². The Kier molecular flexibility index (Phi) is 4.79. The monoisotopic (exact) mass is 337 g/mol. The van der Waals surface area contributed by atoms with Crippen molar-refractivity contribution in [2.24, 2.45) is 0 Å². The van der Waals surface area contributed by atoms with Gasteiger partial charge in [-0.15, -0.1) is 0 Å². The number of carbonyl (C=O) groups excluding carboxylic acids is 2. The molecule has 0 saturated heterocycles. The number of anilines is 1. The summed E-state index contributed by atoms with van der Waals surface area (Å²) in [5.74, 6) is -0.402. The van der Waals surface area contributed by atoms with Crippen LogP contribution in [0.4, 0.5) is 5.69 Å². The van der Waals surface area contributed by atoms with Gasteiger partial charge in [0.25, 0.3) is 5.91 Å². The fraction of sp³-hybridized carbons (Fsp3) is 0.118. The van der Waals surface area contributed by atoms with E-state index in [1.165, 1.54) is 23.5 Å². The second-order valence-corrected chi connectivity index (χ2v) is 4.96. The van der Waals surface area contributed by atoms with Crippen LogP contribution >= 0.6 is 0 Å². The standard InChI is InChI=1S/C17H15N5O3/c1-2-25-17(24)13-5-3-4-6-14(13)21-16(23)12-7-8-19-15(9-12)22-11-18-10-20-22/h3-11H,2H2,1H3,(H,21,23). The van der Waals surface area contributed by atoms with E-state index < -0.39 is 5.97 Å². The number of aromatic nitrogens is 4. The number of nitrogens with one attached hydrogen (secondary N) is 1. The molecule has 2 aromatic heterocycles. The molecule has 8 nitrogen and oxygen atoms in total. The number of hydrogen-bond donors (Lipinski definition) is 1. The molecule has 126 valence electrons. The maximum Gasteiger partial charge on any atom is 0.340 e. The van der Waals surface area contributed by atoms with Crippen LogP contribution in [0.15, 0.2) is 55.2 Å². The van der Waals surface area contributed by atoms with Gasteiger partial charge in [-0.25, -0.2) is 19.4 Å². The lowest BCUT2D eigenvalue weighted by Crippen LogP contribution is -2.16. The highest BCUT2D eigenvalue weighted by molar-refractivity contribution is 6.08. The van der Waals surface area contributed by atoms with E-state index >= 15 is 0 Å². The summed E-state index contributed by atoms with van der Waals surface area (Å²) in [6.45, 7) is 1.98. The molecule has 1 N–H and O–H groups in total. The highest BCUT2D eigenvalue weighted by Gasteiger charge is 2.15. The minimum atomic E-state index is -0.489. The molecule has 1 amide bonds. The number of carbonyl (C=O) groups is 2. The third kappa shape index (κ3) is 3.69. The van der Waals surface area contributed by atoms with Crippen molar-refractivity contribution in [2.75, 3.05) is 11.9 Å². The molecule has 0 aliphatic heterocycles. The van der Waals surface area contributed by atoms with Crippen LogP contribution in [-0.4, -0.2) is 38.2 Å². The van der Waals surface area contributed by atoms with Gasteiger partial charge < -0.3 is 10.1 Å². The van der Waals surface area contributed by atoms with Gasteiger partial charge in [0.05, 0.1) is 17.9 Å². The topological polar surface area (TPSA) is 99.0 Å². The maximum atomic E-state index is 12.5. The van der Waals surface area contributed by atoms with E-state index in [9.17, 15) is 9.59 Å². The molecule has 3 aromatic rings. The first kappa shape index (κ1) is 16.3. The Labute approximate surface area is 143 Å². The Hall–Kier alpha value is -3.55. The fourth-order valence-corrected chi connectivity index (χ4v) is 2.18. The lowest BCUT2D eigenvalue weighted by Gasteiger charge is -2.10. The van der Waals surface area contributed by atoms with Crippen molar-refractivity contribution in [3.63, 3.8) is 0 Å². The van der Waals surface area contributed by atoms with Gasteiger partial charge in [-0.3, -0.25) is 4.79 Å². The lowest BCUT2D eigenvalue weighted by molar-refractivity contribution is 0.0527. The summed E-state index contributed by atoms with van der Waals surface area (Å²) in [4.78, 5) is 32.5. The van der Waals surface area contributed by atoms with E-state index in [2.05, 4.69) is 20.4 Å². The molecule has 3 rings (SSSR count). The Morgan fingerprint density at radius 1 is 1.24 bits per heavy atom. The fourth-order valence-electron chi connectivity index (χ4n) is 2.18. The number of para-hydroxylation sites is 1. The van der Waals surface area contributed by atoms with E-state index in [-0.39, 0.29) is 12.5 Å². The molecular weight excluding hydrogens is 322 g/mol. The molecule has 0 atom stereocenters. The van der Waals surface area contributed by atoms with Crippen LogP contribution in [0.2, 0.25) is 0 Å². The molecule has 0 bridgehead atoms. The predicted octanol–water partition coefficient (Wildman–Crippen LogP) is 2.09. The van der Waals surface area contributed by atoms with E-state index in [1.54, 1.807) is 43.3 Å². The summed E-state index contributed by atoms with van der Waals surface area (Å²) in [5, 5.41) is 6.70. The number of nitrogens with zero attached hydrogens (tertiary/aromatic N) is 4. The highest BCUT2D eigenvalue weighted by Crippen LogP contribution is 2.18. The van der Waals surface area contributed by atoms with Crippen LogP contribution in [0.25, 0.3) is 5.82 Å². The second kappa shape index (κ2) is 7.35. The van der Waals surface area contributed by atoms with E-state index in [0.29, 0.717) is 22.6 Å². The highest BCUT2D eigenvalue weighted by atomic mass is 16.5. The van der Waals surface area contributed by atoms with Gasteiger partial charge in [0.1, 0.15) is 12.7 Å². The third-order valence-corrected chi connectivity index (χ3v) is 3.33. The summed E-state index contributed by atoms with van der Waals surface area (Å²) in [7, 11) is 0. The number of rotatable bonds is 5. The smallest absolute Gasteiger partial charge is 0.340 e. The van der Waals surface area contributed by atoms with Gasteiger partial charge in [0.15, 0.2) is 5.82 Å². The molecule has 0 radical (unpaired) electrons. The zero-order valence-electron chi connectivity index (χ0n) is 13.4. The maximum absolute atomic E-state index is 12.5. The summed E-state index contributed by atoms with van der Waals surface area (Å²) >= 11 is 0. The minimum absolute atomic E-state index is 0.257. The van der Waals surface area contributed by atoms with Crippen LogP contribution in [0.1, 0.15) is 27.6 Å². The lowest BCUT2D eigenvalue weighted by atomic mass is 10.1. The van der Waals surface area contributed by atoms with Gasteiger partial charge >= 0.3 is 5.97 Å². The number of ether oxygens (including phenoxy) is 1. The number of benzene rings is 1. The van der Waals surface area contributed by atoms with Crippen molar-refractivity contribution >= 4 is 17.6 Å². The SMILES string of the molecule is CCOC(=O)c1ccccc1NC(=O)c1ccnc(-n2cncn2)c1. The van der Waals surface area contributed by atoms with Crippen molar-refractivity contribution in [3.05, 3.63) is 66.4 Å². The molecule has 2 heterocycles. The summed E-state index contributed by atoms with van der Waals surface area (Å²) in [6, 6.07) is 9.83. The molecule has 25 heavy (non-hydrogen) atoms. The predicted molar refractivity (Wildman–Crippen MR) is 89.5 cm³/mol. The number of pyridine rings is 1. The zero-order valence-corrected chi connectivity index (χ0v) is 13.4. The Balaban J connectivity index is 1.84. The van der Waals surface area contributed by atoms with Gasteiger partial charge in [0, 0.05) is 11.8 Å².